The van der Waals surface area contributed by atoms with Gasteiger partial charge in [-0.2, -0.15) is 0 Å². The highest BCUT2D eigenvalue weighted by Crippen LogP contribution is 2.69. The van der Waals surface area contributed by atoms with Crippen molar-refractivity contribution in [3.05, 3.63) is 11.6 Å². The molecule has 166 valence electrons. The predicted molar refractivity (Wildman–Crippen MR) is 109 cm³/mol. The second-order valence-electron chi connectivity index (χ2n) is 10.9. The molecule has 6 heteroatoms. The maximum Gasteiger partial charge on any atom is 0.303 e. The highest BCUT2D eigenvalue weighted by molar-refractivity contribution is 5.95. The molecule has 0 heterocycles. The molecule has 0 spiro atoms. The zero-order chi connectivity index (χ0) is 22.3. The Bertz CT molecular complexity index is 843. The van der Waals surface area contributed by atoms with Crippen molar-refractivity contribution in [2.24, 2.45) is 28.6 Å². The summed E-state index contributed by atoms with van der Waals surface area (Å²) in [5.41, 5.74) is -2.47. The van der Waals surface area contributed by atoms with Crippen LogP contribution in [0.3, 0.4) is 0 Å². The number of carbonyl (C=O) groups excluding carboxylic acids is 3. The number of hydrogen-bond acceptors (Lipinski definition) is 6. The van der Waals surface area contributed by atoms with E-state index in [4.69, 9.17) is 4.74 Å². The molecule has 4 aliphatic carbocycles. The van der Waals surface area contributed by atoms with Crippen molar-refractivity contribution in [1.82, 2.24) is 0 Å². The molecular weight excluding hydrogens is 384 g/mol. The first-order valence-electron chi connectivity index (χ1n) is 11.2. The average molecular weight is 419 g/mol. The lowest BCUT2D eigenvalue weighted by atomic mass is 9.43. The maximum atomic E-state index is 12.8. The van der Waals surface area contributed by atoms with E-state index in [9.17, 15) is 24.6 Å². The Balaban J connectivity index is 1.78. The lowest BCUT2D eigenvalue weighted by molar-refractivity contribution is -0.191. The van der Waals surface area contributed by atoms with Crippen molar-refractivity contribution < 1.29 is 29.3 Å². The van der Waals surface area contributed by atoms with Gasteiger partial charge in [-0.05, 0) is 87.2 Å². The fourth-order valence-electron chi connectivity index (χ4n) is 8.13. The van der Waals surface area contributed by atoms with Crippen LogP contribution in [0.4, 0.5) is 0 Å². The van der Waals surface area contributed by atoms with Crippen LogP contribution in [0.25, 0.3) is 0 Å². The zero-order valence-corrected chi connectivity index (χ0v) is 18.7. The van der Waals surface area contributed by atoms with Crippen LogP contribution >= 0.6 is 0 Å². The first-order valence-corrected chi connectivity index (χ1v) is 11.2. The number of carbonyl (C=O) groups is 3. The van der Waals surface area contributed by atoms with E-state index in [0.29, 0.717) is 19.3 Å². The Hall–Kier alpha value is -1.53. The lowest BCUT2D eigenvalue weighted by Gasteiger charge is -2.62. The van der Waals surface area contributed by atoms with Crippen LogP contribution in [-0.4, -0.2) is 45.1 Å². The van der Waals surface area contributed by atoms with Crippen LogP contribution in [-0.2, 0) is 19.1 Å². The van der Waals surface area contributed by atoms with Gasteiger partial charge in [-0.15, -0.1) is 0 Å². The number of aliphatic hydroxyl groups excluding tert-OH is 1. The first-order chi connectivity index (χ1) is 13.8. The Kier molecular flexibility index (Phi) is 4.69. The SMILES string of the molecule is CC(=O)O[C@]1(C(C)=O)CC[C@H]2[C@@H]3C[C@@](C)(O)C4=CC(=O)C(O)C[C@]4(C)[C@H]3CC[C@@]21C. The molecule has 0 bridgehead atoms. The quantitative estimate of drug-likeness (QED) is 0.669. The Morgan fingerprint density at radius 2 is 1.70 bits per heavy atom. The molecule has 0 saturated heterocycles. The molecule has 6 nitrogen and oxygen atoms in total. The van der Waals surface area contributed by atoms with E-state index < -0.39 is 34.1 Å². The van der Waals surface area contributed by atoms with Gasteiger partial charge in [0, 0.05) is 12.3 Å². The molecule has 0 amide bonds. The van der Waals surface area contributed by atoms with Crippen LogP contribution in [0.2, 0.25) is 0 Å². The molecule has 0 aliphatic heterocycles. The van der Waals surface area contributed by atoms with Crippen LogP contribution < -0.4 is 0 Å². The number of ether oxygens (including phenoxy) is 1. The zero-order valence-electron chi connectivity index (χ0n) is 18.7. The standard InChI is InChI=1S/C24H34O6/c1-13(25)24(30-14(2)26)9-7-17-15-11-23(5,29)20-10-18(27)19(28)12-21(20,3)16(15)6-8-22(17,24)4/h10,15-17,19,28-29H,6-9,11-12H2,1-5H3/t15-,16+,17+,19?,21-,22+,23-,24+/m1/s1. The van der Waals surface area contributed by atoms with Crippen molar-refractivity contribution in [1.29, 1.82) is 0 Å². The number of aliphatic hydroxyl groups is 2. The Morgan fingerprint density at radius 3 is 2.30 bits per heavy atom. The minimum Gasteiger partial charge on any atom is -0.451 e. The summed E-state index contributed by atoms with van der Waals surface area (Å²) in [7, 11) is 0. The minimum absolute atomic E-state index is 0.103. The molecule has 3 fully saturated rings. The molecule has 3 saturated carbocycles. The average Bonchev–Trinajstić information content (AvgIpc) is 2.90. The van der Waals surface area contributed by atoms with Gasteiger partial charge in [0.1, 0.15) is 6.10 Å². The summed E-state index contributed by atoms with van der Waals surface area (Å²) < 4.78 is 5.78. The molecule has 4 rings (SSSR count). The van der Waals surface area contributed by atoms with Gasteiger partial charge in [0.25, 0.3) is 0 Å². The summed E-state index contributed by atoms with van der Waals surface area (Å²) in [5.74, 6) is -0.416. The van der Waals surface area contributed by atoms with E-state index in [1.54, 1.807) is 6.92 Å². The van der Waals surface area contributed by atoms with Crippen LogP contribution in [0.5, 0.6) is 0 Å². The monoisotopic (exact) mass is 418 g/mol. The number of fused-ring (bicyclic) bond motifs is 5. The van der Waals surface area contributed by atoms with Crippen molar-refractivity contribution in [3.63, 3.8) is 0 Å². The number of esters is 1. The van der Waals surface area contributed by atoms with Gasteiger partial charge >= 0.3 is 5.97 Å². The number of rotatable bonds is 2. The third-order valence-electron chi connectivity index (χ3n) is 9.32. The molecule has 0 aromatic heterocycles. The molecular formula is C24H34O6. The number of hydrogen-bond donors (Lipinski definition) is 2. The maximum absolute atomic E-state index is 12.8. The topological polar surface area (TPSA) is 101 Å². The van der Waals surface area contributed by atoms with Gasteiger partial charge in [0.2, 0.25) is 0 Å². The Morgan fingerprint density at radius 1 is 1.07 bits per heavy atom. The number of ketones is 2. The molecule has 30 heavy (non-hydrogen) atoms. The van der Waals surface area contributed by atoms with Gasteiger partial charge < -0.3 is 14.9 Å². The van der Waals surface area contributed by atoms with E-state index in [1.165, 1.54) is 19.9 Å². The fraction of sp³-hybridized carbons (Fsp3) is 0.792. The molecule has 2 N–H and O–H groups in total. The first kappa shape index (κ1) is 21.7. The van der Waals surface area contributed by atoms with Crippen LogP contribution in [0, 0.1) is 28.6 Å². The lowest BCUT2D eigenvalue weighted by Crippen LogP contribution is -2.62. The summed E-state index contributed by atoms with van der Waals surface area (Å²) in [6, 6.07) is 0. The van der Waals surface area contributed by atoms with Crippen molar-refractivity contribution >= 4 is 17.5 Å². The van der Waals surface area contributed by atoms with Crippen molar-refractivity contribution in [2.75, 3.05) is 0 Å². The van der Waals surface area contributed by atoms with Crippen LogP contribution in [0.15, 0.2) is 11.6 Å². The second-order valence-corrected chi connectivity index (χ2v) is 10.9. The number of Topliss-reactive ketones (excluding diaryl/α,β-unsaturated/α-hetero) is 1. The van der Waals surface area contributed by atoms with E-state index in [2.05, 4.69) is 13.8 Å². The van der Waals surface area contributed by atoms with Gasteiger partial charge in [0.05, 0.1) is 5.60 Å². The van der Waals surface area contributed by atoms with E-state index in [0.717, 1.165) is 24.8 Å². The van der Waals surface area contributed by atoms with Gasteiger partial charge in [0.15, 0.2) is 17.2 Å². The van der Waals surface area contributed by atoms with Crippen molar-refractivity contribution in [2.45, 2.75) is 90.4 Å². The van der Waals surface area contributed by atoms with Crippen LogP contribution in [0.1, 0.15) is 73.1 Å². The van der Waals surface area contributed by atoms with E-state index in [1.807, 2.05) is 0 Å². The smallest absolute Gasteiger partial charge is 0.303 e. The van der Waals surface area contributed by atoms with E-state index in [-0.39, 0.29) is 29.3 Å². The fourth-order valence-corrected chi connectivity index (χ4v) is 8.13. The Labute approximate surface area is 178 Å². The minimum atomic E-state index is -1.15. The molecule has 0 aromatic rings. The third-order valence-corrected chi connectivity index (χ3v) is 9.32. The van der Waals surface area contributed by atoms with Gasteiger partial charge in [-0.1, -0.05) is 13.8 Å². The summed E-state index contributed by atoms with van der Waals surface area (Å²) in [5, 5.41) is 21.8. The summed E-state index contributed by atoms with van der Waals surface area (Å²) in [4.78, 5) is 37.0. The summed E-state index contributed by atoms with van der Waals surface area (Å²) >= 11 is 0. The molecule has 4 aliphatic rings. The summed E-state index contributed by atoms with van der Waals surface area (Å²) in [6.07, 6.45) is 4.08. The van der Waals surface area contributed by atoms with Crippen molar-refractivity contribution in [3.8, 4) is 0 Å². The molecule has 0 aromatic carbocycles. The normalized spacial score (nSPS) is 50.1. The van der Waals surface area contributed by atoms with Gasteiger partial charge in [-0.25, -0.2) is 0 Å². The second kappa shape index (κ2) is 6.49. The highest BCUT2D eigenvalue weighted by atomic mass is 16.6. The molecule has 0 radical (unpaired) electrons. The predicted octanol–water partition coefficient (Wildman–Crippen LogP) is 2.74. The molecule has 1 unspecified atom stereocenters. The summed E-state index contributed by atoms with van der Waals surface area (Å²) in [6.45, 7) is 8.79. The highest BCUT2D eigenvalue weighted by Gasteiger charge is 2.69. The molecule has 8 atom stereocenters. The third kappa shape index (κ3) is 2.65. The van der Waals surface area contributed by atoms with Gasteiger partial charge in [-0.3, -0.25) is 14.4 Å². The largest absolute Gasteiger partial charge is 0.451 e. The van der Waals surface area contributed by atoms with E-state index >= 15 is 0 Å².